The van der Waals surface area contributed by atoms with Gasteiger partial charge in [-0.2, -0.15) is 0 Å². The van der Waals surface area contributed by atoms with Gasteiger partial charge in [-0.1, -0.05) is 29.3 Å². The van der Waals surface area contributed by atoms with Gasteiger partial charge in [0.2, 0.25) is 0 Å². The Labute approximate surface area is 136 Å². The molecular weight excluding hydrogens is 333 g/mol. The van der Waals surface area contributed by atoms with E-state index >= 15 is 0 Å². The van der Waals surface area contributed by atoms with E-state index in [1.165, 1.54) is 11.3 Å². The lowest BCUT2D eigenvalue weighted by Gasteiger charge is -2.24. The number of carboxylic acid groups (broad SMARTS) is 1. The third kappa shape index (κ3) is 3.91. The minimum Gasteiger partial charge on any atom is -0.480 e. The average Bonchev–Trinajstić information content (AvgIpc) is 2.79. The van der Waals surface area contributed by atoms with Crippen molar-refractivity contribution in [2.45, 2.75) is 19.5 Å². The Morgan fingerprint density at radius 2 is 2.10 bits per heavy atom. The smallest absolute Gasteiger partial charge is 0.325 e. The van der Waals surface area contributed by atoms with Gasteiger partial charge in [0.1, 0.15) is 16.1 Å². The minimum atomic E-state index is -0.961. The highest BCUT2D eigenvalue weighted by Crippen LogP contribution is 2.29. The molecule has 1 N–H and O–H groups in total. The Bertz CT molecular complexity index is 663. The normalized spacial score (nSPS) is 12.6. The van der Waals surface area contributed by atoms with E-state index in [4.69, 9.17) is 23.2 Å². The van der Waals surface area contributed by atoms with Crippen molar-refractivity contribution in [1.29, 1.82) is 0 Å². The molecule has 0 amide bonds. The zero-order valence-electron chi connectivity index (χ0n) is 11.4. The van der Waals surface area contributed by atoms with Gasteiger partial charge in [0, 0.05) is 0 Å². The second kappa shape index (κ2) is 6.70. The molecule has 0 bridgehead atoms. The molecular formula is C13H13Cl2N3O2S. The van der Waals surface area contributed by atoms with Gasteiger partial charge in [0.15, 0.2) is 0 Å². The molecule has 0 saturated carbocycles. The van der Waals surface area contributed by atoms with Crippen molar-refractivity contribution in [2.75, 3.05) is 7.05 Å². The second-order valence-electron chi connectivity index (χ2n) is 4.54. The number of halogens is 2. The molecule has 8 heteroatoms. The van der Waals surface area contributed by atoms with Crippen LogP contribution in [0.5, 0.6) is 0 Å². The van der Waals surface area contributed by atoms with Gasteiger partial charge in [0.25, 0.3) is 0 Å². The van der Waals surface area contributed by atoms with Crippen molar-refractivity contribution >= 4 is 40.5 Å². The van der Waals surface area contributed by atoms with E-state index in [0.717, 1.165) is 10.0 Å². The molecule has 0 saturated heterocycles. The molecule has 112 valence electrons. The molecule has 1 heterocycles. The number of aryl methyl sites for hydroxylation is 1. The molecule has 1 atom stereocenters. The van der Waals surface area contributed by atoms with Gasteiger partial charge in [-0.05, 0) is 31.7 Å². The Morgan fingerprint density at radius 1 is 1.38 bits per heavy atom. The number of nitrogens with zero attached hydrogens (tertiary/aromatic N) is 3. The van der Waals surface area contributed by atoms with Crippen LogP contribution in [-0.4, -0.2) is 33.2 Å². The summed E-state index contributed by atoms with van der Waals surface area (Å²) >= 11 is 13.3. The van der Waals surface area contributed by atoms with Crippen LogP contribution in [0.4, 0.5) is 0 Å². The number of aromatic nitrogens is 2. The van der Waals surface area contributed by atoms with Gasteiger partial charge in [-0.3, -0.25) is 9.69 Å². The second-order valence-corrected chi connectivity index (χ2v) is 6.62. The standard InChI is InChI=1S/C13H13Cl2N3O2S/c1-7-16-17-11(21-7)6-18(2)12(13(19)20)8-3-4-9(14)10(15)5-8/h3-5,12H,6H2,1-2H3,(H,19,20). The van der Waals surface area contributed by atoms with E-state index in [1.807, 2.05) is 6.92 Å². The Hall–Kier alpha value is -1.21. The Kier molecular flexibility index (Phi) is 5.16. The van der Waals surface area contributed by atoms with Crippen LogP contribution in [0.25, 0.3) is 0 Å². The lowest BCUT2D eigenvalue weighted by molar-refractivity contribution is -0.143. The number of hydrogen-bond donors (Lipinski definition) is 1. The largest absolute Gasteiger partial charge is 0.480 e. The summed E-state index contributed by atoms with van der Waals surface area (Å²) in [6.07, 6.45) is 0. The van der Waals surface area contributed by atoms with E-state index in [2.05, 4.69) is 10.2 Å². The van der Waals surface area contributed by atoms with Crippen molar-refractivity contribution in [3.63, 3.8) is 0 Å². The van der Waals surface area contributed by atoms with E-state index in [9.17, 15) is 9.90 Å². The highest BCUT2D eigenvalue weighted by atomic mass is 35.5. The molecule has 0 aliphatic heterocycles. The van der Waals surface area contributed by atoms with E-state index < -0.39 is 12.0 Å². The fourth-order valence-corrected chi connectivity index (χ4v) is 3.05. The first-order chi connectivity index (χ1) is 9.88. The van der Waals surface area contributed by atoms with Gasteiger partial charge >= 0.3 is 5.97 Å². The van der Waals surface area contributed by atoms with Crippen LogP contribution in [0.3, 0.4) is 0 Å². The lowest BCUT2D eigenvalue weighted by atomic mass is 10.1. The van der Waals surface area contributed by atoms with Crippen molar-refractivity contribution < 1.29 is 9.90 Å². The monoisotopic (exact) mass is 345 g/mol. The van der Waals surface area contributed by atoms with Crippen molar-refractivity contribution in [3.8, 4) is 0 Å². The first kappa shape index (κ1) is 16.2. The molecule has 0 fully saturated rings. The summed E-state index contributed by atoms with van der Waals surface area (Å²) in [5.41, 5.74) is 0.570. The van der Waals surface area contributed by atoms with E-state index in [0.29, 0.717) is 22.2 Å². The summed E-state index contributed by atoms with van der Waals surface area (Å²) in [4.78, 5) is 13.3. The van der Waals surface area contributed by atoms with E-state index in [1.54, 1.807) is 30.1 Å². The zero-order chi connectivity index (χ0) is 15.6. The number of hydrogen-bond acceptors (Lipinski definition) is 5. The maximum Gasteiger partial charge on any atom is 0.325 e. The van der Waals surface area contributed by atoms with Gasteiger partial charge in [-0.25, -0.2) is 0 Å². The summed E-state index contributed by atoms with van der Waals surface area (Å²) in [7, 11) is 1.72. The van der Waals surface area contributed by atoms with Crippen LogP contribution in [0.15, 0.2) is 18.2 Å². The maximum absolute atomic E-state index is 11.6. The van der Waals surface area contributed by atoms with Crippen LogP contribution in [-0.2, 0) is 11.3 Å². The fourth-order valence-electron chi connectivity index (χ4n) is 1.97. The molecule has 1 aromatic heterocycles. The Morgan fingerprint density at radius 3 is 2.62 bits per heavy atom. The summed E-state index contributed by atoms with van der Waals surface area (Å²) in [6, 6.07) is 4.00. The molecule has 1 aromatic carbocycles. The molecule has 1 unspecified atom stereocenters. The summed E-state index contributed by atoms with van der Waals surface area (Å²) < 4.78 is 0. The van der Waals surface area contributed by atoms with Gasteiger partial charge < -0.3 is 5.11 Å². The van der Waals surface area contributed by atoms with Crippen molar-refractivity contribution in [1.82, 2.24) is 15.1 Å². The predicted molar refractivity (Wildman–Crippen MR) is 83.0 cm³/mol. The first-order valence-electron chi connectivity index (χ1n) is 6.05. The Balaban J connectivity index is 2.25. The minimum absolute atomic E-state index is 0.334. The first-order valence-corrected chi connectivity index (χ1v) is 7.62. The highest BCUT2D eigenvalue weighted by Gasteiger charge is 2.26. The number of benzene rings is 1. The maximum atomic E-state index is 11.6. The van der Waals surface area contributed by atoms with Crippen LogP contribution in [0.1, 0.15) is 21.6 Å². The molecule has 0 radical (unpaired) electrons. The van der Waals surface area contributed by atoms with Crippen molar-refractivity contribution in [2.24, 2.45) is 0 Å². The average molecular weight is 346 g/mol. The summed E-state index contributed by atoms with van der Waals surface area (Å²) in [5.74, 6) is -0.961. The van der Waals surface area contributed by atoms with Gasteiger partial charge in [0.05, 0.1) is 16.6 Å². The SMILES string of the molecule is Cc1nnc(CN(C)C(C(=O)O)c2ccc(Cl)c(Cl)c2)s1. The number of rotatable bonds is 5. The molecule has 0 aliphatic carbocycles. The third-order valence-corrected chi connectivity index (χ3v) is 4.45. The number of carboxylic acids is 1. The lowest BCUT2D eigenvalue weighted by Crippen LogP contribution is -2.30. The third-order valence-electron chi connectivity index (χ3n) is 2.89. The van der Waals surface area contributed by atoms with Crippen LogP contribution in [0.2, 0.25) is 10.0 Å². The van der Waals surface area contributed by atoms with Crippen molar-refractivity contribution in [3.05, 3.63) is 43.8 Å². The van der Waals surface area contributed by atoms with Gasteiger partial charge in [-0.15, -0.1) is 21.5 Å². The predicted octanol–water partition coefficient (Wildman–Crippen LogP) is 3.41. The summed E-state index contributed by atoms with van der Waals surface area (Å²) in [6.45, 7) is 2.25. The van der Waals surface area contributed by atoms with Crippen LogP contribution in [0, 0.1) is 6.92 Å². The quantitative estimate of drug-likeness (QED) is 0.899. The van der Waals surface area contributed by atoms with Crippen LogP contribution >= 0.6 is 34.5 Å². The molecule has 0 aliphatic rings. The number of aliphatic carboxylic acids is 1. The number of likely N-dealkylation sites (N-methyl/N-ethyl adjacent to an activating group) is 1. The molecule has 5 nitrogen and oxygen atoms in total. The topological polar surface area (TPSA) is 66.3 Å². The fraction of sp³-hybridized carbons (Fsp3) is 0.308. The zero-order valence-corrected chi connectivity index (χ0v) is 13.7. The highest BCUT2D eigenvalue weighted by molar-refractivity contribution is 7.11. The van der Waals surface area contributed by atoms with E-state index in [-0.39, 0.29) is 0 Å². The molecule has 2 rings (SSSR count). The number of carbonyl (C=O) groups is 1. The molecule has 2 aromatic rings. The van der Waals surface area contributed by atoms with Crippen LogP contribution < -0.4 is 0 Å². The summed E-state index contributed by atoms with van der Waals surface area (Å²) in [5, 5.41) is 19.8. The molecule has 0 spiro atoms. The molecule has 21 heavy (non-hydrogen) atoms.